The second kappa shape index (κ2) is 10.7. The average molecular weight is 247 g/mol. The number of rotatable bonds is 9. The molecule has 0 aliphatic rings. The van der Waals surface area contributed by atoms with Crippen molar-refractivity contribution in [3.8, 4) is 6.07 Å². The summed E-state index contributed by atoms with van der Waals surface area (Å²) in [6.07, 6.45) is 10.6. The Balaban J connectivity index is 4.46. The van der Waals surface area contributed by atoms with Gasteiger partial charge in [0.25, 0.3) is 0 Å². The first-order chi connectivity index (χ1) is 8.63. The molecule has 0 aliphatic carbocycles. The van der Waals surface area contributed by atoms with E-state index in [9.17, 15) is 0 Å². The normalized spacial score (nSPS) is 13.3. The number of hydrogen-bond acceptors (Lipinski definition) is 2. The van der Waals surface area contributed by atoms with Gasteiger partial charge in [-0.15, -0.1) is 0 Å². The van der Waals surface area contributed by atoms with E-state index in [0.717, 1.165) is 30.6 Å². The molecule has 0 fully saturated rings. The highest BCUT2D eigenvalue weighted by Crippen LogP contribution is 2.12. The third kappa shape index (κ3) is 8.64. The second-order valence-corrected chi connectivity index (χ2v) is 4.38. The fourth-order valence-corrected chi connectivity index (χ4v) is 1.40. The van der Waals surface area contributed by atoms with Crippen molar-refractivity contribution >= 4 is 0 Å². The Bertz CT molecular complexity index is 333. The highest BCUT2D eigenvalue weighted by Gasteiger charge is 2.03. The molecule has 0 spiro atoms. The van der Waals surface area contributed by atoms with Gasteiger partial charge in [0, 0.05) is 0 Å². The largest absolute Gasteiger partial charge is 0.491 e. The van der Waals surface area contributed by atoms with E-state index in [4.69, 9.17) is 10.00 Å². The molecule has 0 heterocycles. The van der Waals surface area contributed by atoms with Crippen molar-refractivity contribution in [3.63, 3.8) is 0 Å². The highest BCUT2D eigenvalue weighted by atomic mass is 16.5. The Labute approximate surface area is 112 Å². The van der Waals surface area contributed by atoms with Crippen LogP contribution in [0.2, 0.25) is 0 Å². The standard InChI is InChI=1S/C16H25NO/c1-5-7-9-15(4)18-16(10-8-13-17)12-11-14(3)6-2/h10-12,15H,3,5-9H2,1-2,4H3/b12-11-,16-10+/t15-/m1/s1. The lowest BCUT2D eigenvalue weighted by Crippen LogP contribution is -2.06. The molecule has 18 heavy (non-hydrogen) atoms. The number of allylic oxidation sites excluding steroid dienone is 4. The highest BCUT2D eigenvalue weighted by molar-refractivity contribution is 5.23. The molecule has 0 aromatic rings. The quantitative estimate of drug-likeness (QED) is 0.429. The fourth-order valence-electron chi connectivity index (χ4n) is 1.40. The maximum atomic E-state index is 8.62. The first kappa shape index (κ1) is 16.5. The van der Waals surface area contributed by atoms with Crippen LogP contribution in [0.15, 0.2) is 36.1 Å². The molecule has 0 N–H and O–H groups in total. The molecule has 2 heteroatoms. The van der Waals surface area contributed by atoms with Gasteiger partial charge in [-0.05, 0) is 31.9 Å². The van der Waals surface area contributed by atoms with Gasteiger partial charge in [0.15, 0.2) is 0 Å². The first-order valence-corrected chi connectivity index (χ1v) is 6.73. The predicted molar refractivity (Wildman–Crippen MR) is 77.0 cm³/mol. The molecule has 0 bridgehead atoms. The summed E-state index contributed by atoms with van der Waals surface area (Å²) in [5, 5.41) is 8.62. The maximum Gasteiger partial charge on any atom is 0.116 e. The first-order valence-electron chi connectivity index (χ1n) is 6.73. The molecule has 0 aliphatic heterocycles. The molecule has 100 valence electrons. The van der Waals surface area contributed by atoms with E-state index >= 15 is 0 Å². The molecule has 0 rings (SSSR count). The van der Waals surface area contributed by atoms with Crippen molar-refractivity contribution in [1.29, 1.82) is 5.26 Å². The SMILES string of the molecule is C=C(/C=C\C(=C/CC#N)O[C@H](C)CCCC)CC. The lowest BCUT2D eigenvalue weighted by atomic mass is 10.2. The fraction of sp³-hybridized carbons (Fsp3) is 0.562. The monoisotopic (exact) mass is 247 g/mol. The molecule has 1 atom stereocenters. The number of hydrogen-bond donors (Lipinski definition) is 0. The molecule has 0 unspecified atom stereocenters. The second-order valence-electron chi connectivity index (χ2n) is 4.38. The molecule has 2 nitrogen and oxygen atoms in total. The van der Waals surface area contributed by atoms with Crippen molar-refractivity contribution < 1.29 is 4.74 Å². The van der Waals surface area contributed by atoms with Crippen molar-refractivity contribution in [2.24, 2.45) is 0 Å². The van der Waals surface area contributed by atoms with Crippen LogP contribution in [0.25, 0.3) is 0 Å². The van der Waals surface area contributed by atoms with Crippen molar-refractivity contribution in [1.82, 2.24) is 0 Å². The minimum atomic E-state index is 0.189. The zero-order chi connectivity index (χ0) is 13.8. The van der Waals surface area contributed by atoms with Gasteiger partial charge in [0.2, 0.25) is 0 Å². The Morgan fingerprint density at radius 2 is 2.11 bits per heavy atom. The van der Waals surface area contributed by atoms with Gasteiger partial charge in [-0.2, -0.15) is 5.26 Å². The minimum absolute atomic E-state index is 0.189. The Hall–Kier alpha value is -1.49. The third-order valence-corrected chi connectivity index (χ3v) is 2.63. The molecule has 0 amide bonds. The zero-order valence-corrected chi connectivity index (χ0v) is 11.9. The van der Waals surface area contributed by atoms with E-state index in [2.05, 4.69) is 33.4 Å². The molecule has 0 saturated heterocycles. The summed E-state index contributed by atoms with van der Waals surface area (Å²) in [5.74, 6) is 0.773. The summed E-state index contributed by atoms with van der Waals surface area (Å²) in [5.41, 5.74) is 1.06. The third-order valence-electron chi connectivity index (χ3n) is 2.63. The van der Waals surface area contributed by atoms with E-state index in [0.29, 0.717) is 6.42 Å². The van der Waals surface area contributed by atoms with E-state index in [1.54, 1.807) is 0 Å². The van der Waals surface area contributed by atoms with Crippen LogP contribution >= 0.6 is 0 Å². The number of nitriles is 1. The van der Waals surface area contributed by atoms with Crippen LogP contribution in [-0.2, 0) is 4.74 Å². The Kier molecular flexibility index (Phi) is 9.77. The summed E-state index contributed by atoms with van der Waals surface area (Å²) < 4.78 is 5.83. The van der Waals surface area contributed by atoms with Gasteiger partial charge in [0.05, 0.1) is 18.6 Å². The van der Waals surface area contributed by atoms with E-state index in [1.165, 1.54) is 6.42 Å². The van der Waals surface area contributed by atoms with Crippen molar-refractivity contribution in [3.05, 3.63) is 36.1 Å². The molecule has 0 aromatic carbocycles. The summed E-state index contributed by atoms with van der Waals surface area (Å²) >= 11 is 0. The lowest BCUT2D eigenvalue weighted by Gasteiger charge is -2.15. The van der Waals surface area contributed by atoms with Gasteiger partial charge in [-0.3, -0.25) is 0 Å². The van der Waals surface area contributed by atoms with Gasteiger partial charge in [-0.1, -0.05) is 44.9 Å². The summed E-state index contributed by atoms with van der Waals surface area (Å²) in [6.45, 7) is 10.2. The van der Waals surface area contributed by atoms with Crippen LogP contribution in [0, 0.1) is 11.3 Å². The zero-order valence-electron chi connectivity index (χ0n) is 11.9. The van der Waals surface area contributed by atoms with Crippen molar-refractivity contribution in [2.45, 2.75) is 59.0 Å². The van der Waals surface area contributed by atoms with Gasteiger partial charge < -0.3 is 4.74 Å². The molecule has 0 saturated carbocycles. The smallest absolute Gasteiger partial charge is 0.116 e. The summed E-state index contributed by atoms with van der Waals surface area (Å²) in [7, 11) is 0. The lowest BCUT2D eigenvalue weighted by molar-refractivity contribution is 0.130. The van der Waals surface area contributed by atoms with Gasteiger partial charge in [-0.25, -0.2) is 0 Å². The van der Waals surface area contributed by atoms with Crippen molar-refractivity contribution in [2.75, 3.05) is 0 Å². The van der Waals surface area contributed by atoms with Gasteiger partial charge >= 0.3 is 0 Å². The summed E-state index contributed by atoms with van der Waals surface area (Å²) in [4.78, 5) is 0. The summed E-state index contributed by atoms with van der Waals surface area (Å²) in [6, 6.07) is 2.10. The topological polar surface area (TPSA) is 33.0 Å². The van der Waals surface area contributed by atoms with Crippen LogP contribution in [0.5, 0.6) is 0 Å². The van der Waals surface area contributed by atoms with E-state index in [-0.39, 0.29) is 6.10 Å². The van der Waals surface area contributed by atoms with Crippen LogP contribution in [0.3, 0.4) is 0 Å². The minimum Gasteiger partial charge on any atom is -0.491 e. The van der Waals surface area contributed by atoms with Crippen LogP contribution in [-0.4, -0.2) is 6.10 Å². The maximum absolute atomic E-state index is 8.62. The van der Waals surface area contributed by atoms with Crippen LogP contribution in [0.4, 0.5) is 0 Å². The number of nitrogens with zero attached hydrogens (tertiary/aromatic N) is 1. The molecular formula is C16H25NO. The van der Waals surface area contributed by atoms with Crippen LogP contribution in [0.1, 0.15) is 52.9 Å². The molecule has 0 radical (unpaired) electrons. The number of ether oxygens (including phenoxy) is 1. The Morgan fingerprint density at radius 1 is 1.39 bits per heavy atom. The number of unbranched alkanes of at least 4 members (excludes halogenated alkanes) is 1. The van der Waals surface area contributed by atoms with E-state index < -0.39 is 0 Å². The molecule has 0 aromatic heterocycles. The molecular weight excluding hydrogens is 222 g/mol. The van der Waals surface area contributed by atoms with Crippen LogP contribution < -0.4 is 0 Å². The predicted octanol–water partition coefficient (Wildman–Crippen LogP) is 4.90. The van der Waals surface area contributed by atoms with E-state index in [1.807, 2.05) is 18.2 Å². The van der Waals surface area contributed by atoms with Gasteiger partial charge in [0.1, 0.15) is 5.76 Å². The Morgan fingerprint density at radius 3 is 2.67 bits per heavy atom. The average Bonchev–Trinajstić information content (AvgIpc) is 2.38.